The Morgan fingerprint density at radius 3 is 2.87 bits per heavy atom. The molecule has 1 unspecified atom stereocenters. The first-order chi connectivity index (χ1) is 7.06. The van der Waals surface area contributed by atoms with Gasteiger partial charge in [-0.3, -0.25) is 4.79 Å². The fraction of sp³-hybridized carbons (Fsp3) is 0.909. The van der Waals surface area contributed by atoms with Crippen molar-refractivity contribution in [2.45, 2.75) is 39.2 Å². The smallest absolute Gasteiger partial charge is 0.225 e. The molecule has 0 spiro atoms. The molecule has 0 aromatic rings. The van der Waals surface area contributed by atoms with Gasteiger partial charge in [-0.1, -0.05) is 13.8 Å². The summed E-state index contributed by atoms with van der Waals surface area (Å²) in [4.78, 5) is 11.8. The maximum Gasteiger partial charge on any atom is 0.225 e. The number of rotatable bonds is 5. The zero-order valence-corrected chi connectivity index (χ0v) is 9.71. The van der Waals surface area contributed by atoms with Crippen LogP contribution >= 0.6 is 0 Å². The molecule has 4 heteroatoms. The highest BCUT2D eigenvalue weighted by atomic mass is 16.5. The topological polar surface area (TPSA) is 64.4 Å². The van der Waals surface area contributed by atoms with Gasteiger partial charge < -0.3 is 15.8 Å². The van der Waals surface area contributed by atoms with Gasteiger partial charge in [0.05, 0.1) is 6.10 Å². The lowest BCUT2D eigenvalue weighted by molar-refractivity contribution is -0.130. The number of carbonyl (C=O) groups excluding carboxylic acids is 1. The summed E-state index contributed by atoms with van der Waals surface area (Å²) >= 11 is 0. The summed E-state index contributed by atoms with van der Waals surface area (Å²) < 4.78 is 5.44. The minimum Gasteiger partial charge on any atom is -0.376 e. The normalized spacial score (nSPS) is 21.7. The summed E-state index contributed by atoms with van der Waals surface area (Å²) in [6.07, 6.45) is 3.08. The highest BCUT2D eigenvalue weighted by molar-refractivity contribution is 5.81. The molecule has 1 fully saturated rings. The van der Waals surface area contributed by atoms with E-state index in [1.165, 1.54) is 0 Å². The van der Waals surface area contributed by atoms with Gasteiger partial charge in [0.25, 0.3) is 0 Å². The van der Waals surface area contributed by atoms with Crippen molar-refractivity contribution in [1.29, 1.82) is 0 Å². The van der Waals surface area contributed by atoms with Crippen molar-refractivity contribution in [3.05, 3.63) is 0 Å². The molecule has 0 bridgehead atoms. The first kappa shape index (κ1) is 12.5. The Hall–Kier alpha value is -0.610. The minimum absolute atomic E-state index is 0.0726. The van der Waals surface area contributed by atoms with Gasteiger partial charge in [-0.25, -0.2) is 0 Å². The van der Waals surface area contributed by atoms with Gasteiger partial charge in [0.2, 0.25) is 5.91 Å². The van der Waals surface area contributed by atoms with E-state index in [0.717, 1.165) is 19.4 Å². The Kier molecular flexibility index (Phi) is 4.54. The molecule has 0 aromatic heterocycles. The third-order valence-electron chi connectivity index (χ3n) is 2.90. The van der Waals surface area contributed by atoms with E-state index in [1.807, 2.05) is 13.8 Å². The molecular formula is C11H22N2O2. The Bertz CT molecular complexity index is 211. The summed E-state index contributed by atoms with van der Waals surface area (Å²) in [5.74, 6) is 0.0726. The van der Waals surface area contributed by atoms with Gasteiger partial charge in [0.1, 0.15) is 0 Å². The van der Waals surface area contributed by atoms with E-state index in [4.69, 9.17) is 10.5 Å². The summed E-state index contributed by atoms with van der Waals surface area (Å²) in [6.45, 7) is 5.84. The van der Waals surface area contributed by atoms with Crippen molar-refractivity contribution in [3.63, 3.8) is 0 Å². The predicted octanol–water partition coefficient (Wildman–Crippen LogP) is 0.657. The SMILES string of the molecule is CC(C)(CCN)C(=O)NCC1CCCO1. The number of nitrogens with two attached hydrogens (primary N) is 1. The third-order valence-corrected chi connectivity index (χ3v) is 2.90. The van der Waals surface area contributed by atoms with Crippen molar-refractivity contribution in [2.24, 2.45) is 11.1 Å². The van der Waals surface area contributed by atoms with E-state index in [-0.39, 0.29) is 17.4 Å². The Morgan fingerprint density at radius 2 is 2.33 bits per heavy atom. The summed E-state index contributed by atoms with van der Waals surface area (Å²) in [5, 5.41) is 2.93. The standard InChI is InChI=1S/C11H22N2O2/c1-11(2,5-6-12)10(14)13-8-9-4-3-7-15-9/h9H,3-8,12H2,1-2H3,(H,13,14). The summed E-state index contributed by atoms with van der Waals surface area (Å²) in [6, 6.07) is 0. The predicted molar refractivity (Wildman–Crippen MR) is 59.4 cm³/mol. The van der Waals surface area contributed by atoms with Gasteiger partial charge in [0.15, 0.2) is 0 Å². The maximum atomic E-state index is 11.8. The van der Waals surface area contributed by atoms with Crippen molar-refractivity contribution in [2.75, 3.05) is 19.7 Å². The van der Waals surface area contributed by atoms with Crippen LogP contribution in [0, 0.1) is 5.41 Å². The molecule has 0 aliphatic carbocycles. The summed E-state index contributed by atoms with van der Waals surface area (Å²) in [7, 11) is 0. The van der Waals surface area contributed by atoms with Crippen LogP contribution in [0.4, 0.5) is 0 Å². The molecule has 4 nitrogen and oxygen atoms in total. The van der Waals surface area contributed by atoms with E-state index < -0.39 is 0 Å². The first-order valence-electron chi connectivity index (χ1n) is 5.66. The summed E-state index contributed by atoms with van der Waals surface area (Å²) in [5.41, 5.74) is 5.10. The van der Waals surface area contributed by atoms with Gasteiger partial charge in [0, 0.05) is 18.6 Å². The molecule has 88 valence electrons. The van der Waals surface area contributed by atoms with Crippen LogP contribution in [0.1, 0.15) is 33.1 Å². The van der Waals surface area contributed by atoms with Crippen molar-refractivity contribution in [3.8, 4) is 0 Å². The third kappa shape index (κ3) is 3.80. The van der Waals surface area contributed by atoms with Crippen LogP contribution in [-0.2, 0) is 9.53 Å². The van der Waals surface area contributed by atoms with Crippen LogP contribution in [0.25, 0.3) is 0 Å². The van der Waals surface area contributed by atoms with E-state index in [2.05, 4.69) is 5.32 Å². The lowest BCUT2D eigenvalue weighted by Gasteiger charge is -2.23. The number of ether oxygens (including phenoxy) is 1. The van der Waals surface area contributed by atoms with Gasteiger partial charge >= 0.3 is 0 Å². The minimum atomic E-state index is -0.368. The number of carbonyl (C=O) groups is 1. The van der Waals surface area contributed by atoms with Crippen LogP contribution in [0.2, 0.25) is 0 Å². The number of nitrogens with one attached hydrogen (secondary N) is 1. The van der Waals surface area contributed by atoms with Crippen molar-refractivity contribution in [1.82, 2.24) is 5.32 Å². The van der Waals surface area contributed by atoms with Crippen LogP contribution in [0.3, 0.4) is 0 Å². The molecule has 1 atom stereocenters. The van der Waals surface area contributed by atoms with E-state index >= 15 is 0 Å². The quantitative estimate of drug-likeness (QED) is 0.706. The molecule has 1 aliphatic rings. The number of hydrogen-bond acceptors (Lipinski definition) is 3. The number of amides is 1. The second-order valence-corrected chi connectivity index (χ2v) is 4.77. The van der Waals surface area contributed by atoms with Gasteiger partial charge in [-0.2, -0.15) is 0 Å². The largest absolute Gasteiger partial charge is 0.376 e. The molecule has 0 radical (unpaired) electrons. The molecule has 1 rings (SSSR count). The van der Waals surface area contributed by atoms with Crippen molar-refractivity contribution >= 4 is 5.91 Å². The maximum absolute atomic E-state index is 11.8. The molecule has 15 heavy (non-hydrogen) atoms. The molecule has 1 saturated heterocycles. The lowest BCUT2D eigenvalue weighted by Crippen LogP contribution is -2.41. The first-order valence-corrected chi connectivity index (χ1v) is 5.66. The van der Waals surface area contributed by atoms with Crippen LogP contribution in [0.15, 0.2) is 0 Å². The molecular weight excluding hydrogens is 192 g/mol. The Balaban J connectivity index is 2.27. The van der Waals surface area contributed by atoms with E-state index in [0.29, 0.717) is 19.5 Å². The highest BCUT2D eigenvalue weighted by Gasteiger charge is 2.27. The molecule has 0 aromatic carbocycles. The molecule has 1 amide bonds. The molecule has 1 aliphatic heterocycles. The highest BCUT2D eigenvalue weighted by Crippen LogP contribution is 2.19. The van der Waals surface area contributed by atoms with Crippen LogP contribution in [0.5, 0.6) is 0 Å². The molecule has 1 heterocycles. The number of hydrogen-bond donors (Lipinski definition) is 2. The van der Waals surface area contributed by atoms with Gasteiger partial charge in [-0.15, -0.1) is 0 Å². The zero-order valence-electron chi connectivity index (χ0n) is 9.71. The second-order valence-electron chi connectivity index (χ2n) is 4.77. The average Bonchev–Trinajstić information content (AvgIpc) is 2.66. The monoisotopic (exact) mass is 214 g/mol. The second kappa shape index (κ2) is 5.47. The Morgan fingerprint density at radius 1 is 1.60 bits per heavy atom. The van der Waals surface area contributed by atoms with Crippen LogP contribution in [-0.4, -0.2) is 31.7 Å². The Labute approximate surface area is 91.5 Å². The van der Waals surface area contributed by atoms with E-state index in [9.17, 15) is 4.79 Å². The fourth-order valence-electron chi connectivity index (χ4n) is 1.73. The molecule has 3 N–H and O–H groups in total. The lowest BCUT2D eigenvalue weighted by atomic mass is 9.88. The average molecular weight is 214 g/mol. The van der Waals surface area contributed by atoms with Gasteiger partial charge in [-0.05, 0) is 25.8 Å². The zero-order chi connectivity index (χ0) is 11.3. The van der Waals surface area contributed by atoms with Crippen molar-refractivity contribution < 1.29 is 9.53 Å². The van der Waals surface area contributed by atoms with E-state index in [1.54, 1.807) is 0 Å². The van der Waals surface area contributed by atoms with Crippen LogP contribution < -0.4 is 11.1 Å². The molecule has 0 saturated carbocycles. The fourth-order valence-corrected chi connectivity index (χ4v) is 1.73.